The second-order valence-corrected chi connectivity index (χ2v) is 9.35. The van der Waals surface area contributed by atoms with Gasteiger partial charge in [-0.25, -0.2) is 9.48 Å². The predicted molar refractivity (Wildman–Crippen MR) is 109 cm³/mol. The third kappa shape index (κ3) is 3.78. The van der Waals surface area contributed by atoms with Gasteiger partial charge in [0.05, 0.1) is 11.3 Å². The number of thioether (sulfide) groups is 2. The summed E-state index contributed by atoms with van der Waals surface area (Å²) in [6, 6.07) is 9.50. The number of hydrogen-bond donors (Lipinski definition) is 0. The molecule has 2 atom stereocenters. The van der Waals surface area contributed by atoms with Crippen LogP contribution < -0.4 is 0 Å². The predicted octanol–water partition coefficient (Wildman–Crippen LogP) is 2.44. The van der Waals surface area contributed by atoms with E-state index < -0.39 is 5.97 Å². The third-order valence-corrected chi connectivity index (χ3v) is 7.48. The lowest BCUT2D eigenvalue weighted by Crippen LogP contribution is -2.59. The van der Waals surface area contributed by atoms with Gasteiger partial charge in [0, 0.05) is 17.7 Å². The molecular formula is C19H21N5O3S2. The van der Waals surface area contributed by atoms with Crippen molar-refractivity contribution in [2.45, 2.75) is 31.0 Å². The molecule has 29 heavy (non-hydrogen) atoms. The van der Waals surface area contributed by atoms with Crippen molar-refractivity contribution in [3.05, 3.63) is 46.5 Å². The Morgan fingerprint density at radius 2 is 2.07 bits per heavy atom. The molecule has 1 saturated heterocycles. The molecule has 3 heterocycles. The average molecular weight is 432 g/mol. The third-order valence-electron chi connectivity index (χ3n) is 4.89. The lowest BCUT2D eigenvalue weighted by Gasteiger charge is -2.44. The summed E-state index contributed by atoms with van der Waals surface area (Å²) in [5, 5.41) is 12.0. The van der Waals surface area contributed by atoms with Gasteiger partial charge >= 0.3 is 5.97 Å². The van der Waals surface area contributed by atoms with Crippen molar-refractivity contribution in [3.63, 3.8) is 0 Å². The first-order valence-corrected chi connectivity index (χ1v) is 11.1. The van der Waals surface area contributed by atoms with Gasteiger partial charge in [-0.15, -0.1) is 16.9 Å². The van der Waals surface area contributed by atoms with Crippen molar-refractivity contribution in [2.75, 3.05) is 5.75 Å². The first-order valence-electron chi connectivity index (χ1n) is 9.26. The van der Waals surface area contributed by atoms with Crippen LogP contribution >= 0.6 is 23.5 Å². The Balaban J connectivity index is 1.53. The van der Waals surface area contributed by atoms with Gasteiger partial charge in [0.2, 0.25) is 11.1 Å². The van der Waals surface area contributed by atoms with Gasteiger partial charge in [-0.3, -0.25) is 9.69 Å². The number of carbonyl (C=O) groups excluding carboxylic acids is 2. The van der Waals surface area contributed by atoms with E-state index in [9.17, 15) is 9.59 Å². The Kier molecular flexibility index (Phi) is 5.64. The molecule has 0 saturated carbocycles. The SMILES string of the molecule is CC(C)C1C(=O)N2C(C(=O)OCc3ccccc3)=C(CSc3nnnn3C)S[C@H]12. The summed E-state index contributed by atoms with van der Waals surface area (Å²) in [4.78, 5) is 28.1. The lowest BCUT2D eigenvalue weighted by molar-refractivity contribution is -0.156. The minimum atomic E-state index is -0.467. The van der Waals surface area contributed by atoms with E-state index in [4.69, 9.17) is 4.74 Å². The van der Waals surface area contributed by atoms with Crippen LogP contribution in [0.5, 0.6) is 0 Å². The van der Waals surface area contributed by atoms with Crippen LogP contribution in [-0.2, 0) is 28.0 Å². The number of tetrazole rings is 1. The van der Waals surface area contributed by atoms with Crippen LogP contribution in [0.25, 0.3) is 0 Å². The van der Waals surface area contributed by atoms with Crippen molar-refractivity contribution >= 4 is 35.4 Å². The van der Waals surface area contributed by atoms with Crippen LogP contribution in [0.2, 0.25) is 0 Å². The van der Waals surface area contributed by atoms with E-state index in [0.29, 0.717) is 16.6 Å². The van der Waals surface area contributed by atoms with Gasteiger partial charge in [-0.2, -0.15) is 0 Å². The van der Waals surface area contributed by atoms with Crippen molar-refractivity contribution < 1.29 is 14.3 Å². The summed E-state index contributed by atoms with van der Waals surface area (Å²) in [7, 11) is 1.76. The smallest absolute Gasteiger partial charge is 0.356 e. The Hall–Kier alpha value is -2.33. The second kappa shape index (κ2) is 8.19. The molecule has 1 fully saturated rings. The minimum absolute atomic E-state index is 0.00974. The van der Waals surface area contributed by atoms with Gasteiger partial charge in [-0.05, 0) is 21.9 Å². The molecule has 0 bridgehead atoms. The zero-order chi connectivity index (χ0) is 20.5. The van der Waals surface area contributed by atoms with Crippen LogP contribution in [-0.4, -0.2) is 48.1 Å². The highest BCUT2D eigenvalue weighted by Gasteiger charge is 2.56. The number of benzene rings is 1. The van der Waals surface area contributed by atoms with Crippen LogP contribution in [0.3, 0.4) is 0 Å². The van der Waals surface area contributed by atoms with E-state index in [1.165, 1.54) is 11.8 Å². The molecule has 152 valence electrons. The Labute approximate surface area is 177 Å². The Morgan fingerprint density at radius 1 is 1.31 bits per heavy atom. The maximum absolute atomic E-state index is 12.9. The van der Waals surface area contributed by atoms with Crippen molar-refractivity contribution in [2.24, 2.45) is 18.9 Å². The largest absolute Gasteiger partial charge is 0.456 e. The molecule has 1 amide bonds. The normalized spacial score (nSPS) is 20.8. The molecule has 1 aromatic heterocycles. The molecule has 0 N–H and O–H groups in total. The molecule has 2 aliphatic rings. The van der Waals surface area contributed by atoms with E-state index in [0.717, 1.165) is 10.5 Å². The molecule has 1 unspecified atom stereocenters. The highest BCUT2D eigenvalue weighted by Crippen LogP contribution is 2.52. The first kappa shape index (κ1) is 20.0. The van der Waals surface area contributed by atoms with Crippen molar-refractivity contribution in [3.8, 4) is 0 Å². The number of rotatable bonds is 7. The highest BCUT2D eigenvalue weighted by molar-refractivity contribution is 8.06. The summed E-state index contributed by atoms with van der Waals surface area (Å²) in [6.07, 6.45) is 0. The summed E-state index contributed by atoms with van der Waals surface area (Å²) in [5.41, 5.74) is 1.26. The van der Waals surface area contributed by atoms with Gasteiger partial charge in [0.1, 0.15) is 12.3 Å². The Morgan fingerprint density at radius 3 is 2.72 bits per heavy atom. The number of aromatic nitrogens is 4. The zero-order valence-corrected chi connectivity index (χ0v) is 17.9. The maximum Gasteiger partial charge on any atom is 0.356 e. The minimum Gasteiger partial charge on any atom is -0.456 e. The summed E-state index contributed by atoms with van der Waals surface area (Å²) in [5.74, 6) is 0.152. The molecule has 8 nitrogen and oxygen atoms in total. The molecule has 1 aromatic carbocycles. The second-order valence-electron chi connectivity index (χ2n) is 7.19. The standard InChI is InChI=1S/C19H21N5O3S2/c1-11(2)14-16(25)24-15(18(26)27-9-12-7-5-4-6-8-12)13(29-17(14)24)10-28-19-20-21-22-23(19)3/h4-8,11,14,17H,9-10H2,1-3H3/t14?,17-/m1/s1. The molecule has 10 heteroatoms. The fourth-order valence-electron chi connectivity index (χ4n) is 3.38. The summed E-state index contributed by atoms with van der Waals surface area (Å²) < 4.78 is 7.12. The summed E-state index contributed by atoms with van der Waals surface area (Å²) in [6.45, 7) is 4.24. The molecule has 2 aromatic rings. The van der Waals surface area contributed by atoms with Crippen molar-refractivity contribution in [1.82, 2.24) is 25.1 Å². The van der Waals surface area contributed by atoms with E-state index >= 15 is 0 Å². The average Bonchev–Trinajstić information content (AvgIpc) is 3.25. The number of esters is 1. The molecule has 0 radical (unpaired) electrons. The fourth-order valence-corrected chi connectivity index (χ4v) is 6.02. The maximum atomic E-state index is 12.9. The number of hydrogen-bond acceptors (Lipinski definition) is 8. The van der Waals surface area contributed by atoms with Crippen LogP contribution in [0.1, 0.15) is 19.4 Å². The molecule has 4 rings (SSSR count). The van der Waals surface area contributed by atoms with E-state index in [2.05, 4.69) is 15.5 Å². The molecular weight excluding hydrogens is 410 g/mol. The highest BCUT2D eigenvalue weighted by atomic mass is 32.2. The zero-order valence-electron chi connectivity index (χ0n) is 16.3. The summed E-state index contributed by atoms with van der Waals surface area (Å²) >= 11 is 3.00. The monoisotopic (exact) mass is 431 g/mol. The molecule has 0 aliphatic carbocycles. The number of aryl methyl sites for hydroxylation is 1. The van der Waals surface area contributed by atoms with Crippen molar-refractivity contribution in [1.29, 1.82) is 0 Å². The van der Waals surface area contributed by atoms with Crippen LogP contribution in [0.4, 0.5) is 0 Å². The first-order chi connectivity index (χ1) is 14.0. The fraction of sp³-hybridized carbons (Fsp3) is 0.421. The topological polar surface area (TPSA) is 90.2 Å². The number of nitrogens with zero attached hydrogens (tertiary/aromatic N) is 5. The molecule has 0 spiro atoms. The quantitative estimate of drug-likeness (QED) is 0.375. The lowest BCUT2D eigenvalue weighted by atomic mass is 9.86. The number of β-lactam (4-membered cyclic amide) rings is 1. The van der Waals surface area contributed by atoms with E-state index in [1.54, 1.807) is 28.4 Å². The number of fused-ring (bicyclic) bond motifs is 1. The van der Waals surface area contributed by atoms with Gasteiger partial charge in [0.15, 0.2) is 0 Å². The Bertz CT molecular complexity index is 960. The number of amides is 1. The van der Waals surface area contributed by atoms with Crippen LogP contribution in [0, 0.1) is 11.8 Å². The van der Waals surface area contributed by atoms with Gasteiger partial charge in [0.25, 0.3) is 0 Å². The van der Waals surface area contributed by atoms with E-state index in [1.807, 2.05) is 44.2 Å². The number of carbonyl (C=O) groups is 2. The number of ether oxygens (including phenoxy) is 1. The van der Waals surface area contributed by atoms with E-state index in [-0.39, 0.29) is 29.7 Å². The van der Waals surface area contributed by atoms with Gasteiger partial charge in [-0.1, -0.05) is 55.9 Å². The van der Waals surface area contributed by atoms with Crippen LogP contribution in [0.15, 0.2) is 46.1 Å². The molecule has 2 aliphatic heterocycles. The van der Waals surface area contributed by atoms with Gasteiger partial charge < -0.3 is 4.74 Å².